The zero-order valence-electron chi connectivity index (χ0n) is 17.0. The average Bonchev–Trinajstić information content (AvgIpc) is 3.37. The highest BCUT2D eigenvalue weighted by atomic mass is 16.5. The number of amides is 1. The van der Waals surface area contributed by atoms with Crippen molar-refractivity contribution in [1.29, 1.82) is 0 Å². The van der Waals surface area contributed by atoms with Crippen LogP contribution in [-0.2, 0) is 0 Å². The number of carbonyl (C=O) groups is 1. The van der Waals surface area contributed by atoms with Gasteiger partial charge in [-0.05, 0) is 32.5 Å². The molecule has 8 heteroatoms. The summed E-state index contributed by atoms with van der Waals surface area (Å²) in [5, 5.41) is 7.79. The van der Waals surface area contributed by atoms with Crippen molar-refractivity contribution >= 4 is 16.9 Å². The Morgan fingerprint density at radius 3 is 2.69 bits per heavy atom. The van der Waals surface area contributed by atoms with Gasteiger partial charge in [0.05, 0.1) is 0 Å². The van der Waals surface area contributed by atoms with Crippen LogP contribution in [0.1, 0.15) is 29.6 Å². The standard InChI is InChI=1S/C21H27N5O3/c1-3-25-11-13-26(14-12-25)10-6-9-22-20(27)21-23-19(24-29-21)18-15(2)16-7-4-5-8-17(16)28-18/h4-5,7-8H,3,6,9-14H2,1-2H3,(H,22,27). The minimum absolute atomic E-state index is 0.0450. The average molecular weight is 397 g/mol. The number of hydrogen-bond donors (Lipinski definition) is 1. The van der Waals surface area contributed by atoms with E-state index in [-0.39, 0.29) is 17.6 Å². The Morgan fingerprint density at radius 2 is 1.93 bits per heavy atom. The van der Waals surface area contributed by atoms with E-state index in [0.29, 0.717) is 12.3 Å². The van der Waals surface area contributed by atoms with Crippen molar-refractivity contribution in [3.05, 3.63) is 35.7 Å². The van der Waals surface area contributed by atoms with Crippen LogP contribution < -0.4 is 5.32 Å². The molecule has 8 nitrogen and oxygen atoms in total. The van der Waals surface area contributed by atoms with Crippen molar-refractivity contribution in [2.75, 3.05) is 45.8 Å². The lowest BCUT2D eigenvalue weighted by Crippen LogP contribution is -2.46. The van der Waals surface area contributed by atoms with Gasteiger partial charge < -0.3 is 24.1 Å². The molecule has 4 rings (SSSR count). The summed E-state index contributed by atoms with van der Waals surface area (Å²) in [6.45, 7) is 11.2. The number of aryl methyl sites for hydroxylation is 1. The third kappa shape index (κ3) is 4.33. The minimum atomic E-state index is -0.353. The quantitative estimate of drug-likeness (QED) is 0.613. The molecule has 154 valence electrons. The molecule has 1 aliphatic heterocycles. The van der Waals surface area contributed by atoms with Gasteiger partial charge in [0.15, 0.2) is 5.76 Å². The summed E-state index contributed by atoms with van der Waals surface area (Å²) in [5.41, 5.74) is 1.69. The van der Waals surface area contributed by atoms with E-state index in [0.717, 1.165) is 62.2 Å². The number of furan rings is 1. The number of nitrogens with zero attached hydrogens (tertiary/aromatic N) is 4. The highest BCUT2D eigenvalue weighted by Crippen LogP contribution is 2.31. The van der Waals surface area contributed by atoms with Crippen LogP contribution >= 0.6 is 0 Å². The lowest BCUT2D eigenvalue weighted by molar-refractivity contribution is 0.0904. The van der Waals surface area contributed by atoms with E-state index in [1.165, 1.54) is 0 Å². The molecular formula is C21H27N5O3. The number of piperazine rings is 1. The van der Waals surface area contributed by atoms with E-state index in [1.807, 2.05) is 31.2 Å². The molecule has 1 aromatic carbocycles. The van der Waals surface area contributed by atoms with Gasteiger partial charge in [-0.15, -0.1) is 0 Å². The van der Waals surface area contributed by atoms with E-state index < -0.39 is 0 Å². The van der Waals surface area contributed by atoms with Crippen LogP contribution in [-0.4, -0.2) is 71.7 Å². The van der Waals surface area contributed by atoms with Crippen LogP contribution in [0.25, 0.3) is 22.6 Å². The van der Waals surface area contributed by atoms with Gasteiger partial charge in [0.2, 0.25) is 5.82 Å². The van der Waals surface area contributed by atoms with E-state index in [2.05, 4.69) is 32.2 Å². The smallest absolute Gasteiger partial charge is 0.316 e. The van der Waals surface area contributed by atoms with Crippen LogP contribution in [0.15, 0.2) is 33.2 Å². The fraction of sp³-hybridized carbons (Fsp3) is 0.476. The zero-order valence-corrected chi connectivity index (χ0v) is 17.0. The Balaban J connectivity index is 1.29. The van der Waals surface area contributed by atoms with E-state index in [4.69, 9.17) is 8.94 Å². The molecule has 1 fully saturated rings. The molecule has 0 atom stereocenters. The number of rotatable bonds is 7. The minimum Gasteiger partial charge on any atom is -0.452 e. The molecule has 0 spiro atoms. The first kappa shape index (κ1) is 19.6. The molecule has 1 aliphatic rings. The van der Waals surface area contributed by atoms with E-state index in [9.17, 15) is 4.79 Å². The molecule has 1 saturated heterocycles. The van der Waals surface area contributed by atoms with Crippen molar-refractivity contribution in [2.24, 2.45) is 0 Å². The van der Waals surface area contributed by atoms with Gasteiger partial charge >= 0.3 is 11.8 Å². The summed E-state index contributed by atoms with van der Waals surface area (Å²) in [7, 11) is 0. The van der Waals surface area contributed by atoms with Crippen molar-refractivity contribution < 1.29 is 13.7 Å². The van der Waals surface area contributed by atoms with Crippen LogP contribution in [0, 0.1) is 6.92 Å². The molecule has 29 heavy (non-hydrogen) atoms. The maximum Gasteiger partial charge on any atom is 0.316 e. The van der Waals surface area contributed by atoms with E-state index >= 15 is 0 Å². The lowest BCUT2D eigenvalue weighted by atomic mass is 10.1. The van der Waals surface area contributed by atoms with Crippen molar-refractivity contribution in [3.8, 4) is 11.6 Å². The number of nitrogens with one attached hydrogen (secondary N) is 1. The molecule has 1 amide bonds. The topological polar surface area (TPSA) is 87.6 Å². The highest BCUT2D eigenvalue weighted by Gasteiger charge is 2.21. The number of likely N-dealkylation sites (N-methyl/N-ethyl adjacent to an activating group) is 1. The van der Waals surface area contributed by atoms with Gasteiger partial charge in [0.1, 0.15) is 5.58 Å². The van der Waals surface area contributed by atoms with Crippen LogP contribution in [0.5, 0.6) is 0 Å². The number of carbonyl (C=O) groups excluding carboxylic acids is 1. The second-order valence-electron chi connectivity index (χ2n) is 7.36. The Kier molecular flexibility index (Phi) is 5.92. The Labute approximate surface area is 169 Å². The molecule has 0 bridgehead atoms. The van der Waals surface area contributed by atoms with Crippen LogP contribution in [0.2, 0.25) is 0 Å². The SMILES string of the molecule is CCN1CCN(CCCNC(=O)c2nc(-c3oc4ccccc4c3C)no2)CC1. The molecule has 3 heterocycles. The summed E-state index contributed by atoms with van der Waals surface area (Å²) in [4.78, 5) is 21.4. The molecule has 0 aliphatic carbocycles. The summed E-state index contributed by atoms with van der Waals surface area (Å²) in [5.74, 6) is 0.419. The Morgan fingerprint density at radius 1 is 1.17 bits per heavy atom. The van der Waals surface area contributed by atoms with Crippen molar-refractivity contribution in [3.63, 3.8) is 0 Å². The number of fused-ring (bicyclic) bond motifs is 1. The number of benzene rings is 1. The van der Waals surface area contributed by atoms with Crippen LogP contribution in [0.3, 0.4) is 0 Å². The normalized spacial score (nSPS) is 15.8. The van der Waals surface area contributed by atoms with Gasteiger partial charge in [0.25, 0.3) is 0 Å². The highest BCUT2D eigenvalue weighted by molar-refractivity contribution is 5.90. The first-order valence-electron chi connectivity index (χ1n) is 10.2. The predicted molar refractivity (Wildman–Crippen MR) is 110 cm³/mol. The van der Waals surface area contributed by atoms with E-state index in [1.54, 1.807) is 0 Å². The maximum absolute atomic E-state index is 12.3. The third-order valence-electron chi connectivity index (χ3n) is 5.52. The van der Waals surface area contributed by atoms with Crippen molar-refractivity contribution in [1.82, 2.24) is 25.3 Å². The Hall–Kier alpha value is -2.71. The molecule has 0 radical (unpaired) electrons. The van der Waals surface area contributed by atoms with Gasteiger partial charge in [-0.1, -0.05) is 30.3 Å². The predicted octanol–water partition coefficient (Wildman–Crippen LogP) is 2.55. The maximum atomic E-state index is 12.3. The van der Waals surface area contributed by atoms with Crippen LogP contribution in [0.4, 0.5) is 0 Å². The molecule has 3 aromatic rings. The summed E-state index contributed by atoms with van der Waals surface area (Å²) < 4.78 is 11.0. The van der Waals surface area contributed by atoms with Gasteiger partial charge in [-0.2, -0.15) is 4.98 Å². The fourth-order valence-electron chi connectivity index (χ4n) is 3.70. The summed E-state index contributed by atoms with van der Waals surface area (Å²) >= 11 is 0. The first-order valence-corrected chi connectivity index (χ1v) is 10.2. The zero-order chi connectivity index (χ0) is 20.2. The largest absolute Gasteiger partial charge is 0.452 e. The molecule has 0 saturated carbocycles. The third-order valence-corrected chi connectivity index (χ3v) is 5.52. The first-order chi connectivity index (χ1) is 14.2. The number of aromatic nitrogens is 2. The number of hydrogen-bond acceptors (Lipinski definition) is 7. The molecular weight excluding hydrogens is 370 g/mol. The van der Waals surface area contributed by atoms with Gasteiger partial charge in [0, 0.05) is 43.7 Å². The molecule has 2 aromatic heterocycles. The molecule has 1 N–H and O–H groups in total. The summed E-state index contributed by atoms with van der Waals surface area (Å²) in [6, 6.07) is 7.73. The lowest BCUT2D eigenvalue weighted by Gasteiger charge is -2.33. The van der Waals surface area contributed by atoms with Gasteiger partial charge in [-0.25, -0.2) is 0 Å². The second-order valence-corrected chi connectivity index (χ2v) is 7.36. The summed E-state index contributed by atoms with van der Waals surface area (Å²) in [6.07, 6.45) is 0.890. The van der Waals surface area contributed by atoms with Crippen molar-refractivity contribution in [2.45, 2.75) is 20.3 Å². The van der Waals surface area contributed by atoms with Gasteiger partial charge in [-0.3, -0.25) is 4.79 Å². The monoisotopic (exact) mass is 397 g/mol. The molecule has 0 unspecified atom stereocenters. The fourth-order valence-corrected chi connectivity index (χ4v) is 3.70. The second kappa shape index (κ2) is 8.75. The number of para-hydroxylation sites is 1. The Bertz CT molecular complexity index is 972.